The van der Waals surface area contributed by atoms with Crippen LogP contribution >= 0.6 is 11.6 Å². The van der Waals surface area contributed by atoms with E-state index in [0.29, 0.717) is 22.8 Å². The van der Waals surface area contributed by atoms with Crippen molar-refractivity contribution in [2.24, 2.45) is 0 Å². The summed E-state index contributed by atoms with van der Waals surface area (Å²) in [5.41, 5.74) is 2.22. The number of anilines is 1. The van der Waals surface area contributed by atoms with Gasteiger partial charge in [0.1, 0.15) is 0 Å². The minimum atomic E-state index is -0.107. The molecule has 0 fully saturated rings. The molecule has 4 nitrogen and oxygen atoms in total. The highest BCUT2D eigenvalue weighted by atomic mass is 35.5. The Balaban J connectivity index is 1.95. The van der Waals surface area contributed by atoms with Crippen molar-refractivity contribution in [1.82, 2.24) is 4.90 Å². The summed E-state index contributed by atoms with van der Waals surface area (Å²) in [5, 5.41) is 12.4. The van der Waals surface area contributed by atoms with Gasteiger partial charge in [0, 0.05) is 17.3 Å². The van der Waals surface area contributed by atoms with E-state index in [-0.39, 0.29) is 12.5 Å². The van der Waals surface area contributed by atoms with Gasteiger partial charge in [0.25, 0.3) is 0 Å². The zero-order valence-electron chi connectivity index (χ0n) is 12.9. The van der Waals surface area contributed by atoms with Crippen molar-refractivity contribution in [3.05, 3.63) is 64.7 Å². The van der Waals surface area contributed by atoms with Crippen molar-refractivity contribution in [2.45, 2.75) is 13.5 Å². The predicted molar refractivity (Wildman–Crippen MR) is 92.2 cm³/mol. The van der Waals surface area contributed by atoms with Crippen LogP contribution in [0.3, 0.4) is 0 Å². The van der Waals surface area contributed by atoms with Gasteiger partial charge in [-0.05, 0) is 42.4 Å². The zero-order chi connectivity index (χ0) is 16.7. The van der Waals surface area contributed by atoms with Crippen molar-refractivity contribution in [3.63, 3.8) is 0 Å². The zero-order valence-corrected chi connectivity index (χ0v) is 13.7. The molecule has 0 saturated carbocycles. The first-order valence-electron chi connectivity index (χ1n) is 7.37. The van der Waals surface area contributed by atoms with Crippen molar-refractivity contribution < 1.29 is 4.79 Å². The Morgan fingerprint density at radius 3 is 2.74 bits per heavy atom. The number of rotatable bonds is 6. The van der Waals surface area contributed by atoms with Gasteiger partial charge in [-0.15, -0.1) is 0 Å². The standard InChI is InChI=1S/C18H18ClN3O/c1-2-22(12-15-6-3-7-16(19)9-15)13-18(23)21-17-8-4-5-14(10-17)11-20/h3-10H,2,12-13H2,1H3,(H,21,23). The fourth-order valence-corrected chi connectivity index (χ4v) is 2.46. The van der Waals surface area contributed by atoms with Crippen LogP contribution < -0.4 is 5.32 Å². The van der Waals surface area contributed by atoms with E-state index in [4.69, 9.17) is 16.9 Å². The average Bonchev–Trinajstić information content (AvgIpc) is 2.54. The van der Waals surface area contributed by atoms with Gasteiger partial charge < -0.3 is 5.32 Å². The molecule has 0 unspecified atom stereocenters. The average molecular weight is 328 g/mol. The minimum absolute atomic E-state index is 0.107. The SMILES string of the molecule is CCN(CC(=O)Nc1cccc(C#N)c1)Cc1cccc(Cl)c1. The van der Waals surface area contributed by atoms with E-state index in [1.165, 1.54) is 0 Å². The molecular formula is C18H18ClN3O. The van der Waals surface area contributed by atoms with Gasteiger partial charge in [-0.2, -0.15) is 5.26 Å². The Hall–Kier alpha value is -2.35. The molecule has 0 aliphatic rings. The molecule has 0 saturated heterocycles. The molecule has 118 valence electrons. The number of carbonyl (C=O) groups excluding carboxylic acids is 1. The number of nitriles is 1. The Labute approximate surface area is 141 Å². The molecule has 0 aliphatic carbocycles. The van der Waals surface area contributed by atoms with Crippen molar-refractivity contribution in [3.8, 4) is 6.07 Å². The molecule has 0 aliphatic heterocycles. The second kappa shape index (κ2) is 8.33. The van der Waals surface area contributed by atoms with E-state index >= 15 is 0 Å². The van der Waals surface area contributed by atoms with E-state index in [1.54, 1.807) is 24.3 Å². The number of nitrogens with one attached hydrogen (secondary N) is 1. The lowest BCUT2D eigenvalue weighted by molar-refractivity contribution is -0.117. The molecule has 0 heterocycles. The van der Waals surface area contributed by atoms with Crippen LogP contribution in [0.25, 0.3) is 0 Å². The first-order chi connectivity index (χ1) is 11.1. The smallest absolute Gasteiger partial charge is 0.238 e. The summed E-state index contributed by atoms with van der Waals surface area (Å²) in [6.07, 6.45) is 0. The van der Waals surface area contributed by atoms with E-state index < -0.39 is 0 Å². The molecule has 1 N–H and O–H groups in total. The number of benzene rings is 2. The summed E-state index contributed by atoms with van der Waals surface area (Å²) < 4.78 is 0. The second-order valence-electron chi connectivity index (χ2n) is 5.17. The maximum absolute atomic E-state index is 12.2. The summed E-state index contributed by atoms with van der Waals surface area (Å²) in [5.74, 6) is -0.107. The van der Waals surface area contributed by atoms with Crippen LogP contribution in [0.1, 0.15) is 18.1 Å². The Morgan fingerprint density at radius 2 is 2.04 bits per heavy atom. The van der Waals surface area contributed by atoms with Crippen LogP contribution in [0.2, 0.25) is 5.02 Å². The number of amides is 1. The van der Waals surface area contributed by atoms with Gasteiger partial charge in [0.2, 0.25) is 5.91 Å². The highest BCUT2D eigenvalue weighted by Gasteiger charge is 2.10. The Morgan fingerprint density at radius 1 is 1.26 bits per heavy atom. The lowest BCUT2D eigenvalue weighted by atomic mass is 10.2. The van der Waals surface area contributed by atoms with E-state index in [0.717, 1.165) is 12.1 Å². The normalized spacial score (nSPS) is 10.3. The summed E-state index contributed by atoms with van der Waals surface area (Å²) >= 11 is 5.99. The summed E-state index contributed by atoms with van der Waals surface area (Å²) in [6.45, 7) is 3.69. The maximum Gasteiger partial charge on any atom is 0.238 e. The summed E-state index contributed by atoms with van der Waals surface area (Å²) in [7, 11) is 0. The summed E-state index contributed by atoms with van der Waals surface area (Å²) in [4.78, 5) is 14.2. The van der Waals surface area contributed by atoms with Crippen LogP contribution in [-0.2, 0) is 11.3 Å². The van der Waals surface area contributed by atoms with Crippen molar-refractivity contribution in [2.75, 3.05) is 18.4 Å². The number of hydrogen-bond donors (Lipinski definition) is 1. The number of likely N-dealkylation sites (N-methyl/N-ethyl adjacent to an activating group) is 1. The molecule has 0 spiro atoms. The Bertz CT molecular complexity index is 724. The van der Waals surface area contributed by atoms with Gasteiger partial charge in [-0.3, -0.25) is 9.69 Å². The van der Waals surface area contributed by atoms with Crippen molar-refractivity contribution in [1.29, 1.82) is 5.26 Å². The lowest BCUT2D eigenvalue weighted by Crippen LogP contribution is -2.32. The van der Waals surface area contributed by atoms with E-state index in [1.807, 2.05) is 36.1 Å². The number of halogens is 1. The lowest BCUT2D eigenvalue weighted by Gasteiger charge is -2.20. The predicted octanol–water partition coefficient (Wildman–Crippen LogP) is 3.67. The number of carbonyl (C=O) groups is 1. The highest BCUT2D eigenvalue weighted by Crippen LogP contribution is 2.13. The van der Waals surface area contributed by atoms with Gasteiger partial charge >= 0.3 is 0 Å². The van der Waals surface area contributed by atoms with Crippen LogP contribution in [-0.4, -0.2) is 23.9 Å². The maximum atomic E-state index is 12.2. The second-order valence-corrected chi connectivity index (χ2v) is 5.61. The van der Waals surface area contributed by atoms with E-state index in [2.05, 4.69) is 11.4 Å². The molecule has 2 rings (SSSR count). The third kappa shape index (κ3) is 5.41. The fraction of sp³-hybridized carbons (Fsp3) is 0.222. The molecule has 0 radical (unpaired) electrons. The van der Waals surface area contributed by atoms with Crippen LogP contribution in [0.4, 0.5) is 5.69 Å². The Kier molecular flexibility index (Phi) is 6.16. The molecule has 1 amide bonds. The molecule has 0 aromatic heterocycles. The first kappa shape index (κ1) is 17.0. The van der Waals surface area contributed by atoms with Crippen molar-refractivity contribution >= 4 is 23.2 Å². The first-order valence-corrected chi connectivity index (χ1v) is 7.75. The van der Waals surface area contributed by atoms with Crippen LogP contribution in [0.15, 0.2) is 48.5 Å². The summed E-state index contributed by atoms with van der Waals surface area (Å²) in [6, 6.07) is 16.6. The molecule has 0 atom stereocenters. The largest absolute Gasteiger partial charge is 0.325 e. The number of hydrogen-bond acceptors (Lipinski definition) is 3. The van der Waals surface area contributed by atoms with Gasteiger partial charge in [-0.25, -0.2) is 0 Å². The quantitative estimate of drug-likeness (QED) is 0.880. The molecular weight excluding hydrogens is 310 g/mol. The molecule has 2 aromatic rings. The highest BCUT2D eigenvalue weighted by molar-refractivity contribution is 6.30. The molecule has 5 heteroatoms. The topological polar surface area (TPSA) is 56.1 Å². The number of nitrogens with zero attached hydrogens (tertiary/aromatic N) is 2. The minimum Gasteiger partial charge on any atom is -0.325 e. The van der Waals surface area contributed by atoms with Crippen LogP contribution in [0, 0.1) is 11.3 Å². The fourth-order valence-electron chi connectivity index (χ4n) is 2.24. The molecule has 2 aromatic carbocycles. The molecule has 0 bridgehead atoms. The third-order valence-corrected chi connectivity index (χ3v) is 3.62. The monoisotopic (exact) mass is 327 g/mol. The van der Waals surface area contributed by atoms with E-state index in [9.17, 15) is 4.79 Å². The van der Waals surface area contributed by atoms with Gasteiger partial charge in [0.05, 0.1) is 18.2 Å². The van der Waals surface area contributed by atoms with Gasteiger partial charge in [-0.1, -0.05) is 36.7 Å². The molecule has 23 heavy (non-hydrogen) atoms. The third-order valence-electron chi connectivity index (χ3n) is 3.39. The van der Waals surface area contributed by atoms with Gasteiger partial charge in [0.15, 0.2) is 0 Å². The van der Waals surface area contributed by atoms with Crippen LogP contribution in [0.5, 0.6) is 0 Å².